The number of H-pyrrole nitrogens is 1. The number of aryl methyl sites for hydroxylation is 1. The van der Waals surface area contributed by atoms with Gasteiger partial charge in [-0.15, -0.1) is 0 Å². The van der Waals surface area contributed by atoms with Gasteiger partial charge in [-0.25, -0.2) is 4.79 Å². The molecule has 3 N–H and O–H groups in total. The Morgan fingerprint density at radius 2 is 2.00 bits per heavy atom. The van der Waals surface area contributed by atoms with Crippen LogP contribution < -0.4 is 5.73 Å². The number of nitrogens with two attached hydrogens (primary N) is 1. The third-order valence-corrected chi connectivity index (χ3v) is 4.22. The SMILES string of the molecule is CCOC(=O)c1c(C)[nH]c(C(=O)N2CCCCC2C(N)=O)c1C. The van der Waals surface area contributed by atoms with Crippen molar-refractivity contribution < 1.29 is 19.1 Å². The van der Waals surface area contributed by atoms with Crippen LogP contribution >= 0.6 is 0 Å². The first kappa shape index (κ1) is 17.1. The lowest BCUT2D eigenvalue weighted by Gasteiger charge is -2.33. The first-order valence-corrected chi connectivity index (χ1v) is 7.85. The highest BCUT2D eigenvalue weighted by Crippen LogP contribution is 2.24. The van der Waals surface area contributed by atoms with Gasteiger partial charge in [0.2, 0.25) is 5.91 Å². The summed E-state index contributed by atoms with van der Waals surface area (Å²) in [7, 11) is 0. The van der Waals surface area contributed by atoms with Crippen LogP contribution in [0.2, 0.25) is 0 Å². The summed E-state index contributed by atoms with van der Waals surface area (Å²) in [5, 5.41) is 0. The third kappa shape index (κ3) is 3.23. The average Bonchev–Trinajstić information content (AvgIpc) is 2.81. The summed E-state index contributed by atoms with van der Waals surface area (Å²) in [6.07, 6.45) is 2.28. The van der Waals surface area contributed by atoms with E-state index in [1.165, 1.54) is 4.90 Å². The van der Waals surface area contributed by atoms with Gasteiger partial charge < -0.3 is 20.4 Å². The molecule has 1 saturated heterocycles. The van der Waals surface area contributed by atoms with E-state index in [0.29, 0.717) is 35.5 Å². The average molecular weight is 321 g/mol. The van der Waals surface area contributed by atoms with Crippen LogP contribution in [0.15, 0.2) is 0 Å². The molecule has 7 heteroatoms. The Morgan fingerprint density at radius 1 is 1.30 bits per heavy atom. The molecule has 0 spiro atoms. The van der Waals surface area contributed by atoms with E-state index in [4.69, 9.17) is 10.5 Å². The van der Waals surface area contributed by atoms with E-state index in [0.717, 1.165) is 12.8 Å². The second kappa shape index (κ2) is 6.85. The Morgan fingerprint density at radius 3 is 2.61 bits per heavy atom. The molecule has 1 fully saturated rings. The van der Waals surface area contributed by atoms with Crippen molar-refractivity contribution in [1.82, 2.24) is 9.88 Å². The summed E-state index contributed by atoms with van der Waals surface area (Å²) >= 11 is 0. The van der Waals surface area contributed by atoms with Crippen molar-refractivity contribution in [3.63, 3.8) is 0 Å². The largest absolute Gasteiger partial charge is 0.462 e. The quantitative estimate of drug-likeness (QED) is 0.815. The maximum Gasteiger partial charge on any atom is 0.340 e. The summed E-state index contributed by atoms with van der Waals surface area (Å²) in [4.78, 5) is 40.9. The second-order valence-corrected chi connectivity index (χ2v) is 5.76. The van der Waals surface area contributed by atoms with Crippen molar-refractivity contribution in [2.45, 2.75) is 46.1 Å². The van der Waals surface area contributed by atoms with Crippen LogP contribution in [0.5, 0.6) is 0 Å². The Balaban J connectivity index is 2.34. The standard InChI is InChI=1S/C16H23N3O4/c1-4-23-16(22)12-9(2)13(18-10(12)3)15(21)19-8-6-5-7-11(19)14(17)20/h11,18H,4-8H2,1-3H3,(H2,17,20). The van der Waals surface area contributed by atoms with Crippen molar-refractivity contribution >= 4 is 17.8 Å². The van der Waals surface area contributed by atoms with Gasteiger partial charge in [0.1, 0.15) is 11.7 Å². The van der Waals surface area contributed by atoms with Crippen LogP contribution in [0, 0.1) is 13.8 Å². The number of ether oxygens (including phenoxy) is 1. The van der Waals surface area contributed by atoms with E-state index in [1.807, 2.05) is 0 Å². The van der Waals surface area contributed by atoms with Gasteiger partial charge in [-0.1, -0.05) is 0 Å². The Bertz CT molecular complexity index is 636. The zero-order valence-electron chi connectivity index (χ0n) is 13.8. The minimum Gasteiger partial charge on any atom is -0.462 e. The first-order chi connectivity index (χ1) is 10.9. The molecule has 1 atom stereocenters. The molecule has 23 heavy (non-hydrogen) atoms. The topological polar surface area (TPSA) is 105 Å². The normalized spacial score (nSPS) is 17.9. The lowest BCUT2D eigenvalue weighted by Crippen LogP contribution is -2.50. The van der Waals surface area contributed by atoms with Crippen LogP contribution in [0.3, 0.4) is 0 Å². The molecule has 1 unspecified atom stereocenters. The van der Waals surface area contributed by atoms with Gasteiger partial charge in [0.05, 0.1) is 12.2 Å². The van der Waals surface area contributed by atoms with E-state index < -0.39 is 17.9 Å². The van der Waals surface area contributed by atoms with Crippen molar-refractivity contribution in [3.05, 3.63) is 22.5 Å². The van der Waals surface area contributed by atoms with Gasteiger partial charge in [0.25, 0.3) is 5.91 Å². The summed E-state index contributed by atoms with van der Waals surface area (Å²) < 4.78 is 5.03. The number of aromatic nitrogens is 1. The number of rotatable bonds is 4. The minimum absolute atomic E-state index is 0.266. The van der Waals surface area contributed by atoms with E-state index in [1.54, 1.807) is 20.8 Å². The van der Waals surface area contributed by atoms with Gasteiger partial charge in [-0.3, -0.25) is 9.59 Å². The van der Waals surface area contributed by atoms with Crippen LogP contribution in [0.1, 0.15) is 58.3 Å². The van der Waals surface area contributed by atoms with Crippen molar-refractivity contribution in [2.24, 2.45) is 5.73 Å². The molecule has 1 aliphatic rings. The number of carbonyl (C=O) groups is 3. The fraction of sp³-hybridized carbons (Fsp3) is 0.562. The molecule has 1 aliphatic heterocycles. The number of nitrogens with one attached hydrogen (secondary N) is 1. The number of nitrogens with zero attached hydrogens (tertiary/aromatic N) is 1. The molecule has 126 valence electrons. The Labute approximate surface area is 135 Å². The van der Waals surface area contributed by atoms with Crippen molar-refractivity contribution in [3.8, 4) is 0 Å². The number of hydrogen-bond acceptors (Lipinski definition) is 4. The third-order valence-electron chi connectivity index (χ3n) is 4.22. The second-order valence-electron chi connectivity index (χ2n) is 5.76. The van der Waals surface area contributed by atoms with E-state index >= 15 is 0 Å². The van der Waals surface area contributed by atoms with Crippen LogP contribution in [0.4, 0.5) is 0 Å². The van der Waals surface area contributed by atoms with Gasteiger partial charge >= 0.3 is 5.97 Å². The van der Waals surface area contributed by atoms with E-state index in [-0.39, 0.29) is 12.5 Å². The number of esters is 1. The summed E-state index contributed by atoms with van der Waals surface area (Å²) in [6, 6.07) is -0.592. The van der Waals surface area contributed by atoms with Crippen molar-refractivity contribution in [1.29, 1.82) is 0 Å². The number of carbonyl (C=O) groups excluding carboxylic acids is 3. The molecule has 0 aliphatic carbocycles. The number of hydrogen-bond donors (Lipinski definition) is 2. The molecule has 0 radical (unpaired) electrons. The summed E-state index contributed by atoms with van der Waals surface area (Å²) in [5.41, 5.74) is 7.24. The molecule has 0 saturated carbocycles. The van der Waals surface area contributed by atoms with Gasteiger partial charge in [-0.2, -0.15) is 0 Å². The van der Waals surface area contributed by atoms with Crippen LogP contribution in [0.25, 0.3) is 0 Å². The predicted octanol–water partition coefficient (Wildman–Crippen LogP) is 1.29. The zero-order valence-corrected chi connectivity index (χ0v) is 13.8. The summed E-state index contributed by atoms with van der Waals surface area (Å²) in [5.74, 6) is -1.25. The maximum atomic E-state index is 12.8. The highest BCUT2D eigenvalue weighted by Gasteiger charge is 2.33. The smallest absolute Gasteiger partial charge is 0.340 e. The zero-order chi connectivity index (χ0) is 17.1. The predicted molar refractivity (Wildman–Crippen MR) is 84.1 cm³/mol. The molecule has 2 heterocycles. The van der Waals surface area contributed by atoms with E-state index in [2.05, 4.69) is 4.98 Å². The van der Waals surface area contributed by atoms with Crippen molar-refractivity contribution in [2.75, 3.05) is 13.2 Å². The number of primary amides is 1. The van der Waals surface area contributed by atoms with Gasteiger partial charge in [-0.05, 0) is 45.6 Å². The molecule has 1 aromatic heterocycles. The fourth-order valence-corrected chi connectivity index (χ4v) is 3.09. The fourth-order valence-electron chi connectivity index (χ4n) is 3.09. The number of likely N-dealkylation sites (tertiary alicyclic amines) is 1. The Hall–Kier alpha value is -2.31. The summed E-state index contributed by atoms with van der Waals surface area (Å²) in [6.45, 7) is 5.90. The number of piperidine rings is 1. The molecule has 1 aromatic rings. The van der Waals surface area contributed by atoms with Crippen LogP contribution in [-0.4, -0.2) is 46.9 Å². The molecular formula is C16H23N3O4. The van der Waals surface area contributed by atoms with Crippen LogP contribution in [-0.2, 0) is 9.53 Å². The highest BCUT2D eigenvalue weighted by atomic mass is 16.5. The molecule has 2 amide bonds. The number of aromatic amines is 1. The van der Waals surface area contributed by atoms with Gasteiger partial charge in [0, 0.05) is 12.2 Å². The highest BCUT2D eigenvalue weighted by molar-refractivity contribution is 6.02. The monoisotopic (exact) mass is 321 g/mol. The lowest BCUT2D eigenvalue weighted by molar-refractivity contribution is -0.123. The number of amides is 2. The first-order valence-electron chi connectivity index (χ1n) is 7.85. The van der Waals surface area contributed by atoms with Gasteiger partial charge in [0.15, 0.2) is 0 Å². The Kier molecular flexibility index (Phi) is 5.08. The molecule has 7 nitrogen and oxygen atoms in total. The lowest BCUT2D eigenvalue weighted by atomic mass is 10.0. The van der Waals surface area contributed by atoms with E-state index in [9.17, 15) is 14.4 Å². The maximum absolute atomic E-state index is 12.8. The molecule has 0 bridgehead atoms. The molecular weight excluding hydrogens is 298 g/mol. The minimum atomic E-state index is -0.592. The molecule has 0 aromatic carbocycles. The molecule has 2 rings (SSSR count).